The van der Waals surface area contributed by atoms with Crippen molar-refractivity contribution in [3.05, 3.63) is 66.0 Å². The van der Waals surface area contributed by atoms with E-state index in [1.165, 1.54) is 0 Å². The third-order valence-corrected chi connectivity index (χ3v) is 2.65. The average molecular weight is 213 g/mol. The lowest BCUT2D eigenvalue weighted by Gasteiger charge is -2.23. The van der Waals surface area contributed by atoms with Gasteiger partial charge in [-0.25, -0.2) is 0 Å². The fourth-order valence-corrected chi connectivity index (χ4v) is 1.75. The van der Waals surface area contributed by atoms with Crippen LogP contribution in [-0.2, 0) is 12.0 Å². The second kappa shape index (κ2) is 4.45. The summed E-state index contributed by atoms with van der Waals surface area (Å²) in [6.45, 7) is 1.82. The summed E-state index contributed by atoms with van der Waals surface area (Å²) in [6, 6.07) is 15.4. The molecule has 2 aromatic rings. The zero-order chi connectivity index (χ0) is 11.4. The number of aromatic nitrogens is 1. The molecule has 1 aromatic heterocycles. The molecular formula is C14H15NO. The van der Waals surface area contributed by atoms with Crippen LogP contribution in [0.4, 0.5) is 0 Å². The highest BCUT2D eigenvalue weighted by molar-refractivity contribution is 5.23. The number of pyridine rings is 1. The van der Waals surface area contributed by atoms with E-state index in [9.17, 15) is 5.11 Å². The van der Waals surface area contributed by atoms with Crippen LogP contribution in [0, 0.1) is 0 Å². The van der Waals surface area contributed by atoms with Crippen molar-refractivity contribution in [3.8, 4) is 0 Å². The average Bonchev–Trinajstić information content (AvgIpc) is 2.31. The first kappa shape index (κ1) is 10.8. The monoisotopic (exact) mass is 213 g/mol. The summed E-state index contributed by atoms with van der Waals surface area (Å²) in [7, 11) is 0. The van der Waals surface area contributed by atoms with Crippen LogP contribution in [-0.4, -0.2) is 10.1 Å². The molecule has 2 rings (SSSR count). The van der Waals surface area contributed by atoms with Gasteiger partial charge in [0.05, 0.1) is 5.60 Å². The minimum Gasteiger partial charge on any atom is -0.385 e. The normalized spacial score (nSPS) is 14.4. The first-order chi connectivity index (χ1) is 7.68. The van der Waals surface area contributed by atoms with Crippen LogP contribution in [0.15, 0.2) is 54.7 Å². The molecule has 0 aliphatic carbocycles. The van der Waals surface area contributed by atoms with Crippen molar-refractivity contribution in [2.45, 2.75) is 18.9 Å². The van der Waals surface area contributed by atoms with Gasteiger partial charge in [-0.15, -0.1) is 0 Å². The summed E-state index contributed by atoms with van der Waals surface area (Å²) in [5.41, 5.74) is 0.951. The molecule has 0 saturated heterocycles. The quantitative estimate of drug-likeness (QED) is 0.850. The van der Waals surface area contributed by atoms with E-state index in [4.69, 9.17) is 0 Å². The van der Waals surface area contributed by atoms with Gasteiger partial charge in [0.25, 0.3) is 0 Å². The lowest BCUT2D eigenvalue weighted by molar-refractivity contribution is 0.0566. The molecule has 2 nitrogen and oxygen atoms in total. The van der Waals surface area contributed by atoms with Gasteiger partial charge in [-0.3, -0.25) is 4.98 Å². The summed E-state index contributed by atoms with van der Waals surface area (Å²) < 4.78 is 0. The molecule has 0 spiro atoms. The molecule has 0 aliphatic heterocycles. The van der Waals surface area contributed by atoms with Crippen LogP contribution in [0.5, 0.6) is 0 Å². The molecule has 1 heterocycles. The third-order valence-electron chi connectivity index (χ3n) is 2.65. The van der Waals surface area contributed by atoms with E-state index in [2.05, 4.69) is 4.98 Å². The van der Waals surface area contributed by atoms with E-state index in [1.807, 2.05) is 55.5 Å². The number of aliphatic hydroxyl groups is 1. The standard InChI is InChI=1S/C14H15NO/c1-14(16,12-7-3-2-4-8-12)11-13-9-5-6-10-15-13/h2-10,16H,11H2,1H3. The summed E-state index contributed by atoms with van der Waals surface area (Å²) in [5, 5.41) is 10.4. The Morgan fingerprint density at radius 2 is 1.75 bits per heavy atom. The highest BCUT2D eigenvalue weighted by Gasteiger charge is 2.23. The molecule has 0 aliphatic rings. The molecule has 0 saturated carbocycles. The van der Waals surface area contributed by atoms with Crippen LogP contribution in [0.2, 0.25) is 0 Å². The number of hydrogen-bond acceptors (Lipinski definition) is 2. The molecule has 1 N–H and O–H groups in total. The molecule has 2 heteroatoms. The molecular weight excluding hydrogens is 198 g/mol. The summed E-state index contributed by atoms with van der Waals surface area (Å²) >= 11 is 0. The SMILES string of the molecule is CC(O)(Cc1ccccn1)c1ccccc1. The Balaban J connectivity index is 2.21. The number of rotatable bonds is 3. The van der Waals surface area contributed by atoms with Gasteiger partial charge in [0.2, 0.25) is 0 Å². The molecule has 0 fully saturated rings. The van der Waals surface area contributed by atoms with Crippen LogP contribution in [0.1, 0.15) is 18.2 Å². The van der Waals surface area contributed by atoms with E-state index in [0.29, 0.717) is 6.42 Å². The van der Waals surface area contributed by atoms with Crippen molar-refractivity contribution >= 4 is 0 Å². The summed E-state index contributed by atoms with van der Waals surface area (Å²) in [4.78, 5) is 4.23. The predicted molar refractivity (Wildman–Crippen MR) is 64.0 cm³/mol. The molecule has 82 valence electrons. The zero-order valence-electron chi connectivity index (χ0n) is 9.30. The van der Waals surface area contributed by atoms with E-state index >= 15 is 0 Å². The largest absolute Gasteiger partial charge is 0.385 e. The Morgan fingerprint density at radius 1 is 1.06 bits per heavy atom. The van der Waals surface area contributed by atoms with Crippen LogP contribution in [0.3, 0.4) is 0 Å². The van der Waals surface area contributed by atoms with Gasteiger partial charge in [-0.2, -0.15) is 0 Å². The lowest BCUT2D eigenvalue weighted by Crippen LogP contribution is -2.24. The highest BCUT2D eigenvalue weighted by Crippen LogP contribution is 2.23. The Kier molecular flexibility index (Phi) is 3.02. The van der Waals surface area contributed by atoms with Crippen molar-refractivity contribution in [1.82, 2.24) is 4.98 Å². The Bertz CT molecular complexity index is 437. The summed E-state index contributed by atoms with van der Waals surface area (Å²) in [5.74, 6) is 0. The van der Waals surface area contributed by atoms with Gasteiger partial charge in [-0.1, -0.05) is 36.4 Å². The van der Waals surface area contributed by atoms with E-state index in [1.54, 1.807) is 6.20 Å². The smallest absolute Gasteiger partial charge is 0.0923 e. The van der Waals surface area contributed by atoms with Gasteiger partial charge in [0.1, 0.15) is 0 Å². The Morgan fingerprint density at radius 3 is 2.38 bits per heavy atom. The molecule has 0 radical (unpaired) electrons. The molecule has 1 aromatic carbocycles. The topological polar surface area (TPSA) is 33.1 Å². The lowest BCUT2D eigenvalue weighted by atomic mass is 9.91. The van der Waals surface area contributed by atoms with E-state index < -0.39 is 5.60 Å². The van der Waals surface area contributed by atoms with Crippen LogP contribution >= 0.6 is 0 Å². The molecule has 1 atom stereocenters. The summed E-state index contributed by atoms with van der Waals surface area (Å²) in [6.07, 6.45) is 2.27. The third kappa shape index (κ3) is 2.47. The minimum atomic E-state index is -0.865. The molecule has 0 amide bonds. The van der Waals surface area contributed by atoms with Gasteiger partial charge >= 0.3 is 0 Å². The molecule has 0 bridgehead atoms. The maximum atomic E-state index is 10.4. The van der Waals surface area contributed by atoms with Gasteiger partial charge in [-0.05, 0) is 24.6 Å². The Labute approximate surface area is 95.6 Å². The van der Waals surface area contributed by atoms with Crippen molar-refractivity contribution in [1.29, 1.82) is 0 Å². The first-order valence-electron chi connectivity index (χ1n) is 5.36. The zero-order valence-corrected chi connectivity index (χ0v) is 9.30. The predicted octanol–water partition coefficient (Wildman–Crippen LogP) is 2.53. The maximum Gasteiger partial charge on any atom is 0.0923 e. The Hall–Kier alpha value is -1.67. The van der Waals surface area contributed by atoms with Gasteiger partial charge in [0.15, 0.2) is 0 Å². The van der Waals surface area contributed by atoms with Crippen molar-refractivity contribution in [2.75, 3.05) is 0 Å². The number of benzene rings is 1. The maximum absolute atomic E-state index is 10.4. The van der Waals surface area contributed by atoms with E-state index in [0.717, 1.165) is 11.3 Å². The van der Waals surface area contributed by atoms with Gasteiger partial charge in [0, 0.05) is 18.3 Å². The number of nitrogens with zero attached hydrogens (tertiary/aromatic N) is 1. The van der Waals surface area contributed by atoms with Crippen molar-refractivity contribution in [3.63, 3.8) is 0 Å². The first-order valence-corrected chi connectivity index (χ1v) is 5.36. The highest BCUT2D eigenvalue weighted by atomic mass is 16.3. The van der Waals surface area contributed by atoms with Crippen molar-refractivity contribution < 1.29 is 5.11 Å². The fraction of sp³-hybridized carbons (Fsp3) is 0.214. The van der Waals surface area contributed by atoms with Crippen LogP contribution in [0.25, 0.3) is 0 Å². The van der Waals surface area contributed by atoms with Gasteiger partial charge < -0.3 is 5.11 Å². The second-order valence-corrected chi connectivity index (χ2v) is 4.14. The molecule has 16 heavy (non-hydrogen) atoms. The van der Waals surface area contributed by atoms with Crippen LogP contribution < -0.4 is 0 Å². The second-order valence-electron chi connectivity index (χ2n) is 4.14. The fourth-order valence-electron chi connectivity index (χ4n) is 1.75. The molecule has 1 unspecified atom stereocenters. The number of hydrogen-bond donors (Lipinski definition) is 1. The minimum absolute atomic E-state index is 0.526. The van der Waals surface area contributed by atoms with Crippen molar-refractivity contribution in [2.24, 2.45) is 0 Å². The van der Waals surface area contributed by atoms with E-state index in [-0.39, 0.29) is 0 Å².